The SMILES string of the molecule is O=C(O)CC(NC(=O)c1nc(-c2ccccc2)n(-c2ccccc2)n1)c1ccccc1. The third kappa shape index (κ3) is 4.67. The van der Waals surface area contributed by atoms with Crippen LogP contribution in [0.1, 0.15) is 28.6 Å². The zero-order valence-corrected chi connectivity index (χ0v) is 16.6. The van der Waals surface area contributed by atoms with E-state index in [-0.39, 0.29) is 12.2 Å². The number of aromatic nitrogens is 3. The number of hydrogen-bond acceptors (Lipinski definition) is 4. The molecule has 0 radical (unpaired) electrons. The maximum atomic E-state index is 13.0. The van der Waals surface area contributed by atoms with Gasteiger partial charge in [-0.2, -0.15) is 0 Å². The van der Waals surface area contributed by atoms with E-state index >= 15 is 0 Å². The van der Waals surface area contributed by atoms with E-state index in [1.165, 1.54) is 0 Å². The van der Waals surface area contributed by atoms with Crippen molar-refractivity contribution in [3.05, 3.63) is 102 Å². The summed E-state index contributed by atoms with van der Waals surface area (Å²) in [5.41, 5.74) is 2.27. The van der Waals surface area contributed by atoms with Gasteiger partial charge in [-0.1, -0.05) is 78.9 Å². The summed E-state index contributed by atoms with van der Waals surface area (Å²) in [4.78, 5) is 28.8. The van der Waals surface area contributed by atoms with E-state index in [9.17, 15) is 14.7 Å². The van der Waals surface area contributed by atoms with Crippen molar-refractivity contribution in [1.82, 2.24) is 20.1 Å². The van der Waals surface area contributed by atoms with Crippen LogP contribution in [-0.4, -0.2) is 31.7 Å². The van der Waals surface area contributed by atoms with Crippen molar-refractivity contribution in [1.29, 1.82) is 0 Å². The molecular formula is C24H20N4O3. The lowest BCUT2D eigenvalue weighted by Gasteiger charge is -2.16. The first-order chi connectivity index (χ1) is 15.1. The molecule has 0 spiro atoms. The molecule has 7 heteroatoms. The predicted octanol–water partition coefficient (Wildman–Crippen LogP) is 3.88. The van der Waals surface area contributed by atoms with Crippen molar-refractivity contribution in [3.8, 4) is 17.1 Å². The number of carboxylic acids is 1. The summed E-state index contributed by atoms with van der Waals surface area (Å²) in [6.45, 7) is 0. The van der Waals surface area contributed by atoms with E-state index in [0.29, 0.717) is 11.4 Å². The molecule has 154 valence electrons. The van der Waals surface area contributed by atoms with Gasteiger partial charge in [-0.15, -0.1) is 5.10 Å². The van der Waals surface area contributed by atoms with Gasteiger partial charge >= 0.3 is 5.97 Å². The first-order valence-corrected chi connectivity index (χ1v) is 9.77. The van der Waals surface area contributed by atoms with Crippen LogP contribution in [0.15, 0.2) is 91.0 Å². The molecule has 2 N–H and O–H groups in total. The van der Waals surface area contributed by atoms with Crippen LogP contribution in [0, 0.1) is 0 Å². The van der Waals surface area contributed by atoms with Gasteiger partial charge in [0, 0.05) is 5.56 Å². The molecule has 1 unspecified atom stereocenters. The lowest BCUT2D eigenvalue weighted by atomic mass is 10.0. The molecule has 0 bridgehead atoms. The van der Waals surface area contributed by atoms with E-state index in [0.717, 1.165) is 11.3 Å². The zero-order valence-electron chi connectivity index (χ0n) is 16.6. The number of hydrogen-bond donors (Lipinski definition) is 2. The van der Waals surface area contributed by atoms with Gasteiger partial charge in [-0.25, -0.2) is 9.67 Å². The standard InChI is InChI=1S/C24H20N4O3/c29-21(30)16-20(17-10-4-1-5-11-17)25-24(31)22-26-23(18-12-6-2-7-13-18)28(27-22)19-14-8-3-9-15-19/h1-15,20H,16H2,(H,25,31)(H,29,30). The Hall–Kier alpha value is -4.26. The van der Waals surface area contributed by atoms with Crippen molar-refractivity contribution in [2.75, 3.05) is 0 Å². The summed E-state index contributed by atoms with van der Waals surface area (Å²) in [7, 11) is 0. The van der Waals surface area contributed by atoms with Gasteiger partial charge in [0.25, 0.3) is 5.91 Å². The van der Waals surface area contributed by atoms with Gasteiger partial charge in [0.05, 0.1) is 18.2 Å². The van der Waals surface area contributed by atoms with Crippen LogP contribution in [0.5, 0.6) is 0 Å². The molecular weight excluding hydrogens is 392 g/mol. The third-order valence-corrected chi connectivity index (χ3v) is 4.73. The van der Waals surface area contributed by atoms with Gasteiger partial charge < -0.3 is 10.4 Å². The Morgan fingerprint density at radius 2 is 1.45 bits per heavy atom. The lowest BCUT2D eigenvalue weighted by molar-refractivity contribution is -0.137. The number of carboxylic acid groups (broad SMARTS) is 1. The van der Waals surface area contributed by atoms with Gasteiger partial charge in [0.2, 0.25) is 5.82 Å². The van der Waals surface area contributed by atoms with Crippen LogP contribution in [0.4, 0.5) is 0 Å². The Morgan fingerprint density at radius 1 is 0.871 bits per heavy atom. The van der Waals surface area contributed by atoms with Crippen LogP contribution in [-0.2, 0) is 4.79 Å². The van der Waals surface area contributed by atoms with Gasteiger partial charge in [-0.05, 0) is 17.7 Å². The highest BCUT2D eigenvalue weighted by atomic mass is 16.4. The number of nitrogens with zero attached hydrogens (tertiary/aromatic N) is 3. The summed E-state index contributed by atoms with van der Waals surface area (Å²) >= 11 is 0. The van der Waals surface area contributed by atoms with Crippen molar-refractivity contribution < 1.29 is 14.7 Å². The second kappa shape index (κ2) is 9.04. The third-order valence-electron chi connectivity index (χ3n) is 4.73. The number of para-hydroxylation sites is 1. The minimum atomic E-state index is -1.01. The van der Waals surface area contributed by atoms with Crippen LogP contribution in [0.3, 0.4) is 0 Å². The average Bonchev–Trinajstić information content (AvgIpc) is 3.26. The smallest absolute Gasteiger partial charge is 0.305 e. The van der Waals surface area contributed by atoms with Crippen LogP contribution >= 0.6 is 0 Å². The fourth-order valence-electron chi connectivity index (χ4n) is 3.27. The number of aliphatic carboxylic acids is 1. The van der Waals surface area contributed by atoms with Gasteiger partial charge in [-0.3, -0.25) is 9.59 Å². The number of rotatable bonds is 7. The number of amides is 1. The first-order valence-electron chi connectivity index (χ1n) is 9.77. The Kier molecular flexibility index (Phi) is 5.84. The zero-order chi connectivity index (χ0) is 21.6. The van der Waals surface area contributed by atoms with E-state index in [4.69, 9.17) is 0 Å². The highest BCUT2D eigenvalue weighted by molar-refractivity contribution is 5.91. The molecule has 0 fully saturated rings. The molecule has 4 aromatic rings. The monoisotopic (exact) mass is 412 g/mol. The second-order valence-corrected chi connectivity index (χ2v) is 6.91. The van der Waals surface area contributed by atoms with Crippen molar-refractivity contribution in [3.63, 3.8) is 0 Å². The lowest BCUT2D eigenvalue weighted by Crippen LogP contribution is -2.31. The Bertz CT molecular complexity index is 1120. The second-order valence-electron chi connectivity index (χ2n) is 6.91. The number of carbonyl (C=O) groups excluding carboxylic acids is 1. The molecule has 0 saturated heterocycles. The maximum Gasteiger partial charge on any atom is 0.305 e. The van der Waals surface area contributed by atoms with E-state index in [1.54, 1.807) is 28.9 Å². The molecule has 1 aromatic heterocycles. The minimum Gasteiger partial charge on any atom is -0.481 e. The first kappa shape index (κ1) is 20.0. The summed E-state index contributed by atoms with van der Waals surface area (Å²) in [5, 5.41) is 16.5. The van der Waals surface area contributed by atoms with Crippen LogP contribution < -0.4 is 5.32 Å². The summed E-state index contributed by atoms with van der Waals surface area (Å²) in [6.07, 6.45) is -0.249. The molecule has 3 aromatic carbocycles. The molecule has 1 atom stereocenters. The molecule has 7 nitrogen and oxygen atoms in total. The number of carbonyl (C=O) groups is 2. The normalized spacial score (nSPS) is 11.6. The number of benzene rings is 3. The Labute approximate surface area is 179 Å². The molecule has 1 heterocycles. The average molecular weight is 412 g/mol. The molecule has 0 saturated carbocycles. The highest BCUT2D eigenvalue weighted by Crippen LogP contribution is 2.22. The molecule has 1 amide bonds. The van der Waals surface area contributed by atoms with Crippen molar-refractivity contribution in [2.45, 2.75) is 12.5 Å². The topological polar surface area (TPSA) is 97.1 Å². The van der Waals surface area contributed by atoms with E-state index in [1.807, 2.05) is 66.7 Å². The van der Waals surface area contributed by atoms with Crippen LogP contribution in [0.25, 0.3) is 17.1 Å². The van der Waals surface area contributed by atoms with E-state index in [2.05, 4.69) is 15.4 Å². The Balaban J connectivity index is 1.69. The molecule has 4 rings (SSSR count). The molecule has 0 aliphatic heterocycles. The fourth-order valence-corrected chi connectivity index (χ4v) is 3.27. The predicted molar refractivity (Wildman–Crippen MR) is 116 cm³/mol. The summed E-state index contributed by atoms with van der Waals surface area (Å²) in [6, 6.07) is 27.1. The van der Waals surface area contributed by atoms with Crippen molar-refractivity contribution in [2.24, 2.45) is 0 Å². The fraction of sp³-hybridized carbons (Fsp3) is 0.0833. The molecule has 0 aliphatic rings. The number of nitrogens with one attached hydrogen (secondary N) is 1. The van der Waals surface area contributed by atoms with Gasteiger partial charge in [0.15, 0.2) is 5.82 Å². The quantitative estimate of drug-likeness (QED) is 0.480. The van der Waals surface area contributed by atoms with Crippen LogP contribution in [0.2, 0.25) is 0 Å². The summed E-state index contributed by atoms with van der Waals surface area (Å²) in [5.74, 6) is -1.07. The largest absolute Gasteiger partial charge is 0.481 e. The van der Waals surface area contributed by atoms with Gasteiger partial charge in [0.1, 0.15) is 0 Å². The summed E-state index contributed by atoms with van der Waals surface area (Å²) < 4.78 is 1.61. The van der Waals surface area contributed by atoms with Crippen molar-refractivity contribution >= 4 is 11.9 Å². The van der Waals surface area contributed by atoms with E-state index < -0.39 is 17.9 Å². The molecule has 0 aliphatic carbocycles. The maximum absolute atomic E-state index is 13.0. The minimum absolute atomic E-state index is 0.0333. The Morgan fingerprint density at radius 3 is 2.06 bits per heavy atom. The highest BCUT2D eigenvalue weighted by Gasteiger charge is 2.23. The molecule has 31 heavy (non-hydrogen) atoms.